The van der Waals surface area contributed by atoms with Gasteiger partial charge in [-0.15, -0.1) is 0 Å². The first-order valence-electron chi connectivity index (χ1n) is 5.80. The predicted molar refractivity (Wildman–Crippen MR) is 65.8 cm³/mol. The number of anilines is 1. The molecule has 0 aliphatic heterocycles. The maximum absolute atomic E-state index is 10.2. The molecule has 3 heteroatoms. The molecule has 0 radical (unpaired) electrons. The van der Waals surface area contributed by atoms with Crippen molar-refractivity contribution in [3.63, 3.8) is 0 Å². The molecule has 1 aromatic carbocycles. The van der Waals surface area contributed by atoms with Gasteiger partial charge in [0.25, 0.3) is 0 Å². The summed E-state index contributed by atoms with van der Waals surface area (Å²) >= 11 is 0. The molecule has 0 heterocycles. The third-order valence-corrected chi connectivity index (χ3v) is 2.35. The van der Waals surface area contributed by atoms with Crippen LogP contribution in [0.5, 0.6) is 5.75 Å². The third kappa shape index (κ3) is 4.82. The lowest BCUT2D eigenvalue weighted by Crippen LogP contribution is -1.98. The highest BCUT2D eigenvalue weighted by atomic mass is 16.5. The Morgan fingerprint density at radius 3 is 2.56 bits per heavy atom. The number of hydrogen-bond acceptors (Lipinski definition) is 2. The van der Waals surface area contributed by atoms with Gasteiger partial charge in [0.15, 0.2) is 0 Å². The molecule has 0 aromatic heterocycles. The van der Waals surface area contributed by atoms with Gasteiger partial charge in [-0.05, 0) is 30.7 Å². The van der Waals surface area contributed by atoms with Gasteiger partial charge >= 0.3 is 0 Å². The summed E-state index contributed by atoms with van der Waals surface area (Å²) < 4.78 is 5.57. The molecule has 0 unspecified atom stereocenters. The van der Waals surface area contributed by atoms with Crippen molar-refractivity contribution in [2.75, 3.05) is 11.9 Å². The van der Waals surface area contributed by atoms with Crippen LogP contribution in [0.1, 0.15) is 32.6 Å². The minimum atomic E-state index is 0.667. The monoisotopic (exact) mass is 221 g/mol. The van der Waals surface area contributed by atoms with Crippen LogP contribution in [0.3, 0.4) is 0 Å². The molecule has 1 rings (SSSR count). The largest absolute Gasteiger partial charge is 0.494 e. The SMILES string of the molecule is CCCCCCOc1ccc(NC=O)cc1. The van der Waals surface area contributed by atoms with E-state index in [0.717, 1.165) is 24.5 Å². The van der Waals surface area contributed by atoms with Crippen LogP contribution in [0.15, 0.2) is 24.3 Å². The zero-order chi connectivity index (χ0) is 11.6. The Morgan fingerprint density at radius 2 is 1.94 bits per heavy atom. The van der Waals surface area contributed by atoms with Gasteiger partial charge in [-0.2, -0.15) is 0 Å². The van der Waals surface area contributed by atoms with Crippen LogP contribution in [0.4, 0.5) is 5.69 Å². The van der Waals surface area contributed by atoms with E-state index in [1.54, 1.807) is 0 Å². The maximum atomic E-state index is 10.2. The second-order valence-corrected chi connectivity index (χ2v) is 3.70. The van der Waals surface area contributed by atoms with Crippen molar-refractivity contribution in [2.24, 2.45) is 0 Å². The highest BCUT2D eigenvalue weighted by molar-refractivity contribution is 5.71. The summed E-state index contributed by atoms with van der Waals surface area (Å²) in [5.41, 5.74) is 0.785. The zero-order valence-corrected chi connectivity index (χ0v) is 9.74. The summed E-state index contributed by atoms with van der Waals surface area (Å²) in [5, 5.41) is 2.58. The molecule has 0 fully saturated rings. The number of ether oxygens (including phenoxy) is 1. The second-order valence-electron chi connectivity index (χ2n) is 3.70. The van der Waals surface area contributed by atoms with Crippen LogP contribution in [-0.2, 0) is 4.79 Å². The Balaban J connectivity index is 2.23. The van der Waals surface area contributed by atoms with Crippen molar-refractivity contribution < 1.29 is 9.53 Å². The molecule has 0 saturated carbocycles. The van der Waals surface area contributed by atoms with E-state index in [-0.39, 0.29) is 0 Å². The number of hydrogen-bond donors (Lipinski definition) is 1. The summed E-state index contributed by atoms with van der Waals surface area (Å²) in [4.78, 5) is 10.2. The van der Waals surface area contributed by atoms with E-state index in [2.05, 4.69) is 12.2 Å². The summed E-state index contributed by atoms with van der Waals surface area (Å²) in [6.45, 7) is 2.96. The standard InChI is InChI=1S/C13H19NO2/c1-2-3-4-5-10-16-13-8-6-12(7-9-13)14-11-15/h6-9,11H,2-5,10H2,1H3,(H,14,15). The van der Waals surface area contributed by atoms with Gasteiger partial charge in [0.1, 0.15) is 5.75 Å². The van der Waals surface area contributed by atoms with E-state index in [4.69, 9.17) is 4.74 Å². The maximum Gasteiger partial charge on any atom is 0.211 e. The van der Waals surface area contributed by atoms with Crippen LogP contribution in [-0.4, -0.2) is 13.0 Å². The van der Waals surface area contributed by atoms with Crippen LogP contribution in [0.2, 0.25) is 0 Å². The summed E-state index contributed by atoms with van der Waals surface area (Å²) in [5.74, 6) is 0.855. The molecule has 0 spiro atoms. The molecule has 0 bridgehead atoms. The van der Waals surface area contributed by atoms with E-state index in [1.165, 1.54) is 19.3 Å². The minimum absolute atomic E-state index is 0.667. The highest BCUT2D eigenvalue weighted by Crippen LogP contribution is 2.15. The van der Waals surface area contributed by atoms with Crippen molar-refractivity contribution in [2.45, 2.75) is 32.6 Å². The summed E-state index contributed by atoms with van der Waals surface area (Å²) in [7, 11) is 0. The number of benzene rings is 1. The Labute approximate surface area is 96.8 Å². The Hall–Kier alpha value is -1.51. The van der Waals surface area contributed by atoms with Crippen LogP contribution >= 0.6 is 0 Å². The molecule has 0 atom stereocenters. The molecule has 88 valence electrons. The van der Waals surface area contributed by atoms with Crippen molar-refractivity contribution >= 4 is 12.1 Å². The number of unbranched alkanes of at least 4 members (excludes halogenated alkanes) is 3. The van der Waals surface area contributed by atoms with E-state index in [9.17, 15) is 4.79 Å². The number of rotatable bonds is 8. The number of carbonyl (C=O) groups excluding carboxylic acids is 1. The number of carbonyl (C=O) groups is 1. The first kappa shape index (κ1) is 12.6. The van der Waals surface area contributed by atoms with Gasteiger partial charge in [-0.1, -0.05) is 26.2 Å². The Bertz CT molecular complexity index is 295. The molecule has 3 nitrogen and oxygen atoms in total. The quantitative estimate of drug-likeness (QED) is 0.540. The topological polar surface area (TPSA) is 38.3 Å². The van der Waals surface area contributed by atoms with Crippen molar-refractivity contribution in [3.8, 4) is 5.75 Å². The first-order chi connectivity index (χ1) is 7.86. The fraction of sp³-hybridized carbons (Fsp3) is 0.462. The molecular formula is C13H19NO2. The van der Waals surface area contributed by atoms with Gasteiger partial charge in [0, 0.05) is 5.69 Å². The van der Waals surface area contributed by atoms with E-state index in [1.807, 2.05) is 24.3 Å². The van der Waals surface area contributed by atoms with Gasteiger partial charge in [0.05, 0.1) is 6.61 Å². The zero-order valence-electron chi connectivity index (χ0n) is 9.74. The molecule has 0 aliphatic carbocycles. The van der Waals surface area contributed by atoms with E-state index in [0.29, 0.717) is 6.41 Å². The fourth-order valence-corrected chi connectivity index (χ4v) is 1.43. The molecular weight excluding hydrogens is 202 g/mol. The average Bonchev–Trinajstić information content (AvgIpc) is 2.31. The van der Waals surface area contributed by atoms with Gasteiger partial charge in [0.2, 0.25) is 6.41 Å². The lowest BCUT2D eigenvalue weighted by molar-refractivity contribution is -0.105. The molecule has 1 aromatic rings. The van der Waals surface area contributed by atoms with Gasteiger partial charge in [-0.25, -0.2) is 0 Å². The molecule has 1 N–H and O–H groups in total. The van der Waals surface area contributed by atoms with Gasteiger partial charge in [-0.3, -0.25) is 4.79 Å². The van der Waals surface area contributed by atoms with Crippen molar-refractivity contribution in [1.29, 1.82) is 0 Å². The second kappa shape index (κ2) is 7.74. The molecule has 0 saturated heterocycles. The number of nitrogens with one attached hydrogen (secondary N) is 1. The number of amides is 1. The van der Waals surface area contributed by atoms with Crippen LogP contribution in [0.25, 0.3) is 0 Å². The van der Waals surface area contributed by atoms with Gasteiger partial charge < -0.3 is 10.1 Å². The smallest absolute Gasteiger partial charge is 0.211 e. The van der Waals surface area contributed by atoms with E-state index >= 15 is 0 Å². The van der Waals surface area contributed by atoms with Crippen LogP contribution < -0.4 is 10.1 Å². The molecule has 16 heavy (non-hydrogen) atoms. The third-order valence-electron chi connectivity index (χ3n) is 2.35. The Morgan fingerprint density at radius 1 is 1.19 bits per heavy atom. The molecule has 0 aliphatic rings. The fourth-order valence-electron chi connectivity index (χ4n) is 1.43. The molecule has 1 amide bonds. The predicted octanol–water partition coefficient (Wildman–Crippen LogP) is 3.21. The summed E-state index contributed by atoms with van der Waals surface area (Å²) in [6.07, 6.45) is 5.50. The average molecular weight is 221 g/mol. The van der Waals surface area contributed by atoms with Crippen molar-refractivity contribution in [1.82, 2.24) is 0 Å². The normalized spacial score (nSPS) is 9.81. The minimum Gasteiger partial charge on any atom is -0.494 e. The summed E-state index contributed by atoms with van der Waals surface area (Å²) in [6, 6.07) is 7.39. The first-order valence-corrected chi connectivity index (χ1v) is 5.80. The Kier molecular flexibility index (Phi) is 6.07. The van der Waals surface area contributed by atoms with E-state index < -0.39 is 0 Å². The lowest BCUT2D eigenvalue weighted by atomic mass is 10.2. The van der Waals surface area contributed by atoms with Crippen LogP contribution in [0, 0.1) is 0 Å². The lowest BCUT2D eigenvalue weighted by Gasteiger charge is -2.06. The highest BCUT2D eigenvalue weighted by Gasteiger charge is 1.94. The van der Waals surface area contributed by atoms with Crippen molar-refractivity contribution in [3.05, 3.63) is 24.3 Å².